The van der Waals surface area contributed by atoms with E-state index in [1.54, 1.807) is 25.3 Å². The van der Waals surface area contributed by atoms with Gasteiger partial charge in [-0.3, -0.25) is 5.10 Å². The molecule has 3 rings (SSSR count). The fourth-order valence-electron chi connectivity index (χ4n) is 1.95. The molecule has 0 fully saturated rings. The number of carbonyl (C=O) groups excluding carboxylic acids is 1. The van der Waals surface area contributed by atoms with Gasteiger partial charge in [-0.1, -0.05) is 0 Å². The lowest BCUT2D eigenvalue weighted by atomic mass is 10.1. The number of hydrogen-bond donors (Lipinski definition) is 1. The zero-order valence-corrected chi connectivity index (χ0v) is 11.7. The Hall–Kier alpha value is -2.96. The number of aryl methyl sites for hydroxylation is 1. The number of hydrogen-bond acceptors (Lipinski definition) is 5. The summed E-state index contributed by atoms with van der Waals surface area (Å²) in [4.78, 5) is 16.1. The quantitative estimate of drug-likeness (QED) is 0.749. The third kappa shape index (κ3) is 2.88. The Labute approximate surface area is 124 Å². The lowest BCUT2D eigenvalue weighted by molar-refractivity contribution is 0.0438. The molecule has 112 valence electrons. The number of benzene rings is 1. The molecule has 0 radical (unpaired) electrons. The lowest BCUT2D eigenvalue weighted by Crippen LogP contribution is -2.06. The van der Waals surface area contributed by atoms with Gasteiger partial charge in [0.2, 0.25) is 5.89 Å². The van der Waals surface area contributed by atoms with Crippen molar-refractivity contribution in [3.05, 3.63) is 59.7 Å². The van der Waals surface area contributed by atoms with Crippen LogP contribution in [0.4, 0.5) is 4.39 Å². The molecule has 22 heavy (non-hydrogen) atoms. The second-order valence-corrected chi connectivity index (χ2v) is 4.61. The van der Waals surface area contributed by atoms with Crippen LogP contribution in [0.25, 0.3) is 11.3 Å². The highest BCUT2D eigenvalue weighted by atomic mass is 19.1. The Kier molecular flexibility index (Phi) is 3.69. The van der Waals surface area contributed by atoms with Crippen molar-refractivity contribution in [2.75, 3.05) is 0 Å². The fourth-order valence-corrected chi connectivity index (χ4v) is 1.95. The number of carbonyl (C=O) groups is 1. The van der Waals surface area contributed by atoms with E-state index in [-0.39, 0.29) is 18.0 Å². The van der Waals surface area contributed by atoms with E-state index >= 15 is 0 Å². The molecule has 1 aromatic carbocycles. The molecule has 2 heterocycles. The van der Waals surface area contributed by atoms with E-state index in [0.29, 0.717) is 22.9 Å². The Morgan fingerprint density at radius 1 is 1.32 bits per heavy atom. The molecular formula is C15H12FN3O3. The van der Waals surface area contributed by atoms with Crippen LogP contribution in [0.2, 0.25) is 0 Å². The van der Waals surface area contributed by atoms with Crippen molar-refractivity contribution >= 4 is 5.97 Å². The predicted molar refractivity (Wildman–Crippen MR) is 74.3 cm³/mol. The second-order valence-electron chi connectivity index (χ2n) is 4.61. The highest BCUT2D eigenvalue weighted by molar-refractivity contribution is 5.95. The smallest absolute Gasteiger partial charge is 0.342 e. The number of aromatic nitrogens is 3. The molecule has 0 aliphatic carbocycles. The largest absolute Gasteiger partial charge is 0.452 e. The van der Waals surface area contributed by atoms with Crippen LogP contribution in [-0.4, -0.2) is 21.2 Å². The first-order chi connectivity index (χ1) is 10.6. The zero-order valence-electron chi connectivity index (χ0n) is 11.7. The maximum atomic E-state index is 13.0. The van der Waals surface area contributed by atoms with Gasteiger partial charge in [0, 0.05) is 5.56 Å². The van der Waals surface area contributed by atoms with Crippen LogP contribution in [0.1, 0.15) is 22.0 Å². The molecule has 0 unspecified atom stereocenters. The van der Waals surface area contributed by atoms with Crippen molar-refractivity contribution in [3.63, 3.8) is 0 Å². The highest BCUT2D eigenvalue weighted by Gasteiger charge is 2.17. The van der Waals surface area contributed by atoms with Crippen LogP contribution in [0.15, 0.2) is 41.1 Å². The van der Waals surface area contributed by atoms with E-state index in [4.69, 9.17) is 9.15 Å². The van der Waals surface area contributed by atoms with Crippen LogP contribution in [0.5, 0.6) is 0 Å². The average molecular weight is 301 g/mol. The zero-order chi connectivity index (χ0) is 15.5. The number of halogens is 1. The summed E-state index contributed by atoms with van der Waals surface area (Å²) in [7, 11) is 0. The molecule has 3 aromatic rings. The first-order valence-electron chi connectivity index (χ1n) is 6.51. The summed E-state index contributed by atoms with van der Waals surface area (Å²) in [6.07, 6.45) is 2.91. The number of rotatable bonds is 4. The summed E-state index contributed by atoms with van der Waals surface area (Å²) in [6, 6.07) is 5.72. The second kappa shape index (κ2) is 5.80. The van der Waals surface area contributed by atoms with Crippen molar-refractivity contribution in [2.45, 2.75) is 13.5 Å². The molecule has 6 nitrogen and oxygen atoms in total. The highest BCUT2D eigenvalue weighted by Crippen LogP contribution is 2.22. The van der Waals surface area contributed by atoms with Crippen molar-refractivity contribution in [3.8, 4) is 11.3 Å². The molecule has 0 saturated carbocycles. The van der Waals surface area contributed by atoms with E-state index < -0.39 is 5.97 Å². The average Bonchev–Trinajstić information content (AvgIpc) is 3.14. The summed E-state index contributed by atoms with van der Waals surface area (Å²) in [5.41, 5.74) is 1.36. The molecule has 2 aromatic heterocycles. The molecule has 1 N–H and O–H groups in total. The van der Waals surface area contributed by atoms with Crippen molar-refractivity contribution in [1.82, 2.24) is 15.2 Å². The fraction of sp³-hybridized carbons (Fsp3) is 0.133. The van der Waals surface area contributed by atoms with Crippen molar-refractivity contribution in [2.24, 2.45) is 0 Å². The maximum Gasteiger partial charge on any atom is 0.342 e. The number of ether oxygens (including phenoxy) is 1. The van der Waals surface area contributed by atoms with Gasteiger partial charge >= 0.3 is 5.97 Å². The standard InChI is InChI=1S/C15H12FN3O3/c1-9-6-17-13(22-9)8-21-15(20)12-7-18-19-14(12)10-2-4-11(16)5-3-10/h2-7H,8H2,1H3,(H,18,19). The summed E-state index contributed by atoms with van der Waals surface area (Å²) in [5.74, 6) is 0.0367. The van der Waals surface area contributed by atoms with Gasteiger partial charge in [0.1, 0.15) is 17.1 Å². The van der Waals surface area contributed by atoms with Gasteiger partial charge in [0.05, 0.1) is 18.1 Å². The van der Waals surface area contributed by atoms with Crippen LogP contribution < -0.4 is 0 Å². The van der Waals surface area contributed by atoms with E-state index in [2.05, 4.69) is 15.2 Å². The van der Waals surface area contributed by atoms with E-state index in [0.717, 1.165) is 0 Å². The summed E-state index contributed by atoms with van der Waals surface area (Å²) < 4.78 is 23.3. The SMILES string of the molecule is Cc1cnc(COC(=O)c2cn[nH]c2-c2ccc(F)cc2)o1. The van der Waals surface area contributed by atoms with Crippen LogP contribution in [-0.2, 0) is 11.3 Å². The number of oxazole rings is 1. The van der Waals surface area contributed by atoms with E-state index in [1.165, 1.54) is 18.3 Å². The van der Waals surface area contributed by atoms with Gasteiger partial charge in [-0.15, -0.1) is 0 Å². The number of esters is 1. The third-order valence-corrected chi connectivity index (χ3v) is 2.99. The summed E-state index contributed by atoms with van der Waals surface area (Å²) >= 11 is 0. The predicted octanol–water partition coefficient (Wildman–Crippen LogP) is 2.87. The first-order valence-corrected chi connectivity index (χ1v) is 6.51. The Balaban J connectivity index is 1.76. The Bertz CT molecular complexity index is 792. The molecule has 0 aliphatic rings. The summed E-state index contributed by atoms with van der Waals surface area (Å²) in [6.45, 7) is 1.68. The molecule has 0 aliphatic heterocycles. The van der Waals surface area contributed by atoms with Crippen LogP contribution in [0.3, 0.4) is 0 Å². The molecule has 0 amide bonds. The minimum atomic E-state index is -0.566. The van der Waals surface area contributed by atoms with Gasteiger partial charge in [-0.2, -0.15) is 5.10 Å². The minimum absolute atomic E-state index is 0.0687. The van der Waals surface area contributed by atoms with Gasteiger partial charge in [-0.05, 0) is 31.2 Å². The van der Waals surface area contributed by atoms with Crippen molar-refractivity contribution in [1.29, 1.82) is 0 Å². The van der Waals surface area contributed by atoms with Gasteiger partial charge in [0.15, 0.2) is 6.61 Å². The first kappa shape index (κ1) is 14.0. The number of nitrogens with zero attached hydrogens (tertiary/aromatic N) is 2. The maximum absolute atomic E-state index is 13.0. The molecular weight excluding hydrogens is 289 g/mol. The number of H-pyrrole nitrogens is 1. The molecule has 0 spiro atoms. The molecule has 0 atom stereocenters. The number of nitrogens with one attached hydrogen (secondary N) is 1. The van der Waals surface area contributed by atoms with Gasteiger partial charge in [-0.25, -0.2) is 14.2 Å². The molecule has 0 saturated heterocycles. The van der Waals surface area contributed by atoms with Crippen LogP contribution in [0, 0.1) is 12.7 Å². The van der Waals surface area contributed by atoms with Gasteiger partial charge < -0.3 is 9.15 Å². The minimum Gasteiger partial charge on any atom is -0.452 e. The topological polar surface area (TPSA) is 81.0 Å². The third-order valence-electron chi connectivity index (χ3n) is 2.99. The van der Waals surface area contributed by atoms with Gasteiger partial charge in [0.25, 0.3) is 0 Å². The normalized spacial score (nSPS) is 10.6. The van der Waals surface area contributed by atoms with E-state index in [1.807, 2.05) is 0 Å². The molecule has 7 heteroatoms. The monoisotopic (exact) mass is 301 g/mol. The molecule has 0 bridgehead atoms. The Morgan fingerprint density at radius 3 is 2.77 bits per heavy atom. The van der Waals surface area contributed by atoms with Crippen LogP contribution >= 0.6 is 0 Å². The summed E-state index contributed by atoms with van der Waals surface area (Å²) in [5, 5.41) is 6.55. The van der Waals surface area contributed by atoms with Crippen molar-refractivity contribution < 1.29 is 18.3 Å². The van der Waals surface area contributed by atoms with E-state index in [9.17, 15) is 9.18 Å². The Morgan fingerprint density at radius 2 is 2.09 bits per heavy atom. The lowest BCUT2D eigenvalue weighted by Gasteiger charge is -2.04. The number of aromatic amines is 1.